The summed E-state index contributed by atoms with van der Waals surface area (Å²) in [5.41, 5.74) is 0.778. The van der Waals surface area contributed by atoms with Crippen LogP contribution in [0, 0.1) is 11.3 Å². The summed E-state index contributed by atoms with van der Waals surface area (Å²) in [5, 5.41) is 12.4. The number of anilines is 1. The summed E-state index contributed by atoms with van der Waals surface area (Å²) in [6.07, 6.45) is 1.38. The maximum absolute atomic E-state index is 12.3. The summed E-state index contributed by atoms with van der Waals surface area (Å²) in [6.45, 7) is -0.283. The third-order valence-corrected chi connectivity index (χ3v) is 3.95. The minimum absolute atomic E-state index is 0.130. The van der Waals surface area contributed by atoms with Crippen LogP contribution < -0.4 is 10.1 Å². The van der Waals surface area contributed by atoms with E-state index in [0.717, 1.165) is 0 Å². The molecule has 0 radical (unpaired) electrons. The number of halogens is 2. The molecule has 0 bridgehead atoms. The number of nitriles is 1. The van der Waals surface area contributed by atoms with E-state index in [1.54, 1.807) is 30.3 Å². The molecule has 2 aromatic carbocycles. The van der Waals surface area contributed by atoms with Crippen molar-refractivity contribution in [3.05, 3.63) is 63.6 Å². The van der Waals surface area contributed by atoms with Gasteiger partial charge in [-0.3, -0.25) is 4.79 Å². The van der Waals surface area contributed by atoms with Crippen LogP contribution in [0.2, 0.25) is 10.0 Å². The lowest BCUT2D eigenvalue weighted by molar-refractivity contribution is -0.142. The molecule has 8 heteroatoms. The molecule has 1 N–H and O–H groups in total. The molecule has 0 saturated carbocycles. The molecule has 138 valence electrons. The van der Waals surface area contributed by atoms with E-state index in [-0.39, 0.29) is 23.0 Å². The van der Waals surface area contributed by atoms with Gasteiger partial charge in [0.25, 0.3) is 5.91 Å². The molecule has 2 aromatic rings. The fourth-order valence-corrected chi connectivity index (χ4v) is 2.41. The predicted molar refractivity (Wildman–Crippen MR) is 103 cm³/mol. The Morgan fingerprint density at radius 3 is 2.56 bits per heavy atom. The molecular formula is C19H14Cl2N2O4. The molecule has 0 heterocycles. The van der Waals surface area contributed by atoms with Crippen LogP contribution in [0.4, 0.5) is 5.69 Å². The number of para-hydroxylation sites is 1. The number of hydrogen-bond acceptors (Lipinski definition) is 5. The van der Waals surface area contributed by atoms with Crippen LogP contribution in [0.5, 0.6) is 5.75 Å². The first kappa shape index (κ1) is 20.3. The van der Waals surface area contributed by atoms with Gasteiger partial charge < -0.3 is 14.8 Å². The van der Waals surface area contributed by atoms with Gasteiger partial charge in [-0.2, -0.15) is 5.26 Å². The third-order valence-electron chi connectivity index (χ3n) is 3.33. The van der Waals surface area contributed by atoms with Gasteiger partial charge >= 0.3 is 5.97 Å². The molecule has 1 amide bonds. The Labute approximate surface area is 165 Å². The fraction of sp³-hybridized carbons (Fsp3) is 0.105. The van der Waals surface area contributed by atoms with Crippen LogP contribution in [0.3, 0.4) is 0 Å². The molecule has 0 atom stereocenters. The van der Waals surface area contributed by atoms with Gasteiger partial charge in [-0.1, -0.05) is 41.4 Å². The summed E-state index contributed by atoms with van der Waals surface area (Å²) in [7, 11) is 1.25. The van der Waals surface area contributed by atoms with Crippen LogP contribution in [0.1, 0.15) is 5.56 Å². The largest absolute Gasteiger partial charge is 0.480 e. The maximum Gasteiger partial charge on any atom is 0.343 e. The van der Waals surface area contributed by atoms with Crippen LogP contribution >= 0.6 is 23.2 Å². The number of carbonyl (C=O) groups excluding carboxylic acids is 2. The van der Waals surface area contributed by atoms with Crippen LogP contribution in [0.25, 0.3) is 6.08 Å². The number of nitrogens with one attached hydrogen (secondary N) is 1. The summed E-state index contributed by atoms with van der Waals surface area (Å²) in [4.78, 5) is 23.4. The molecule has 27 heavy (non-hydrogen) atoms. The van der Waals surface area contributed by atoms with Gasteiger partial charge in [0, 0.05) is 0 Å². The molecule has 0 aliphatic rings. The van der Waals surface area contributed by atoms with Crippen LogP contribution in [0.15, 0.2) is 48.0 Å². The highest BCUT2D eigenvalue weighted by atomic mass is 35.5. The first-order valence-corrected chi connectivity index (χ1v) is 8.37. The van der Waals surface area contributed by atoms with Crippen molar-refractivity contribution in [1.29, 1.82) is 5.26 Å². The van der Waals surface area contributed by atoms with Crippen molar-refractivity contribution in [1.82, 2.24) is 0 Å². The summed E-state index contributed by atoms with van der Waals surface area (Å²) < 4.78 is 9.71. The lowest BCUT2D eigenvalue weighted by Gasteiger charge is -2.08. The molecule has 0 spiro atoms. The van der Waals surface area contributed by atoms with E-state index in [0.29, 0.717) is 16.3 Å². The Morgan fingerprint density at radius 2 is 1.93 bits per heavy atom. The Hall–Kier alpha value is -3.01. The van der Waals surface area contributed by atoms with E-state index in [1.807, 2.05) is 6.07 Å². The number of carbonyl (C=O) groups is 2. The number of nitrogens with zero attached hydrogens (tertiary/aromatic N) is 1. The van der Waals surface area contributed by atoms with Gasteiger partial charge in [-0.05, 0) is 35.9 Å². The SMILES string of the molecule is COC(=O)COc1ccc(/C=C(\C#N)C(=O)Nc2ccccc2Cl)cc1Cl. The van der Waals surface area contributed by atoms with E-state index in [9.17, 15) is 14.9 Å². The highest BCUT2D eigenvalue weighted by molar-refractivity contribution is 6.34. The number of rotatable bonds is 6. The standard InChI is InChI=1S/C19H14Cl2N2O4/c1-26-18(24)11-27-17-7-6-12(9-15(17)21)8-13(10-22)19(25)23-16-5-3-2-4-14(16)20/h2-9H,11H2,1H3,(H,23,25)/b13-8+. The van der Waals surface area contributed by atoms with Gasteiger partial charge in [-0.25, -0.2) is 4.79 Å². The van der Waals surface area contributed by atoms with Gasteiger partial charge in [0.15, 0.2) is 6.61 Å². The van der Waals surface area contributed by atoms with Crippen molar-refractivity contribution in [3.8, 4) is 11.8 Å². The van der Waals surface area contributed by atoms with E-state index in [1.165, 1.54) is 25.3 Å². The van der Waals surface area contributed by atoms with E-state index >= 15 is 0 Å². The molecular weight excluding hydrogens is 391 g/mol. The quantitative estimate of drug-likeness (QED) is 0.444. The number of esters is 1. The first-order chi connectivity index (χ1) is 12.9. The van der Waals surface area contributed by atoms with Gasteiger partial charge in [0.1, 0.15) is 17.4 Å². The Kier molecular flexibility index (Phi) is 7.24. The van der Waals surface area contributed by atoms with Crippen molar-refractivity contribution in [2.75, 3.05) is 19.0 Å². The lowest BCUT2D eigenvalue weighted by atomic mass is 10.1. The van der Waals surface area contributed by atoms with Crippen LogP contribution in [-0.2, 0) is 14.3 Å². The fourth-order valence-electron chi connectivity index (χ4n) is 1.99. The molecule has 0 aromatic heterocycles. The number of ether oxygens (including phenoxy) is 2. The highest BCUT2D eigenvalue weighted by Crippen LogP contribution is 2.27. The van der Waals surface area contributed by atoms with E-state index in [4.69, 9.17) is 27.9 Å². The van der Waals surface area contributed by atoms with E-state index in [2.05, 4.69) is 10.1 Å². The molecule has 0 fully saturated rings. The average molecular weight is 405 g/mol. The van der Waals surface area contributed by atoms with Gasteiger partial charge in [0.05, 0.1) is 22.8 Å². The number of amides is 1. The Morgan fingerprint density at radius 1 is 1.19 bits per heavy atom. The summed E-state index contributed by atoms with van der Waals surface area (Å²) in [6, 6.07) is 13.2. The molecule has 0 aliphatic carbocycles. The maximum atomic E-state index is 12.3. The zero-order valence-electron chi connectivity index (χ0n) is 14.2. The molecule has 0 unspecified atom stereocenters. The molecule has 0 saturated heterocycles. The second kappa shape index (κ2) is 9.62. The average Bonchev–Trinajstić information content (AvgIpc) is 2.66. The molecule has 2 rings (SSSR count). The topological polar surface area (TPSA) is 88.4 Å². The summed E-state index contributed by atoms with van der Waals surface area (Å²) in [5.74, 6) is -0.871. The monoisotopic (exact) mass is 404 g/mol. The highest BCUT2D eigenvalue weighted by Gasteiger charge is 2.12. The van der Waals surface area contributed by atoms with Crippen molar-refractivity contribution in [2.24, 2.45) is 0 Å². The minimum Gasteiger partial charge on any atom is -0.480 e. The Balaban J connectivity index is 2.16. The van der Waals surface area contributed by atoms with Crippen LogP contribution in [-0.4, -0.2) is 25.6 Å². The molecule has 0 aliphatic heterocycles. The van der Waals surface area contributed by atoms with Crippen molar-refractivity contribution in [3.63, 3.8) is 0 Å². The predicted octanol–water partition coefficient (Wildman–Crippen LogP) is 4.09. The zero-order valence-corrected chi connectivity index (χ0v) is 15.7. The van der Waals surface area contributed by atoms with E-state index < -0.39 is 11.9 Å². The lowest BCUT2D eigenvalue weighted by Crippen LogP contribution is -2.13. The summed E-state index contributed by atoms with van der Waals surface area (Å²) >= 11 is 12.1. The number of methoxy groups -OCH3 is 1. The zero-order chi connectivity index (χ0) is 19.8. The minimum atomic E-state index is -0.604. The van der Waals surface area contributed by atoms with Crippen molar-refractivity contribution in [2.45, 2.75) is 0 Å². The van der Waals surface area contributed by atoms with Crippen molar-refractivity contribution >= 4 is 46.8 Å². The first-order valence-electron chi connectivity index (χ1n) is 7.61. The van der Waals surface area contributed by atoms with Gasteiger partial charge in [-0.15, -0.1) is 0 Å². The van der Waals surface area contributed by atoms with Gasteiger partial charge in [0.2, 0.25) is 0 Å². The third kappa shape index (κ3) is 5.74. The number of benzene rings is 2. The van der Waals surface area contributed by atoms with Crippen molar-refractivity contribution < 1.29 is 19.1 Å². The molecule has 6 nitrogen and oxygen atoms in total. The smallest absolute Gasteiger partial charge is 0.343 e. The normalized spacial score (nSPS) is 10.7. The second-order valence-corrected chi connectivity index (χ2v) is 5.97. The number of hydrogen-bond donors (Lipinski definition) is 1. The Bertz CT molecular complexity index is 936. The second-order valence-electron chi connectivity index (χ2n) is 5.16.